The molecule has 128 valence electrons. The average Bonchev–Trinajstić information content (AvgIpc) is 3.09. The van der Waals surface area contributed by atoms with Crippen molar-refractivity contribution in [2.75, 3.05) is 5.32 Å². The number of unbranched alkanes of at least 4 members (excludes halogenated alkanes) is 1. The zero-order valence-electron chi connectivity index (χ0n) is 14.2. The molecule has 0 aliphatic heterocycles. The van der Waals surface area contributed by atoms with Gasteiger partial charge in [0.2, 0.25) is 11.7 Å². The molecule has 0 spiro atoms. The van der Waals surface area contributed by atoms with Gasteiger partial charge in [0.05, 0.1) is 0 Å². The van der Waals surface area contributed by atoms with Crippen LogP contribution in [0.25, 0.3) is 11.3 Å². The number of nitrogens with zero attached hydrogens (tertiary/aromatic N) is 2. The van der Waals surface area contributed by atoms with Gasteiger partial charge in [-0.3, -0.25) is 4.79 Å². The van der Waals surface area contributed by atoms with Crippen molar-refractivity contribution in [2.24, 2.45) is 11.8 Å². The van der Waals surface area contributed by atoms with Gasteiger partial charge in [0, 0.05) is 11.5 Å². The summed E-state index contributed by atoms with van der Waals surface area (Å²) in [5.74, 6) is 1.32. The topological polar surface area (TPSA) is 68.0 Å². The number of anilines is 1. The number of aromatic nitrogens is 2. The Morgan fingerprint density at radius 2 is 1.92 bits per heavy atom. The highest BCUT2D eigenvalue weighted by molar-refractivity contribution is 5.94. The molecule has 3 rings (SSSR count). The lowest BCUT2D eigenvalue weighted by atomic mass is 9.79. The van der Waals surface area contributed by atoms with Crippen molar-refractivity contribution in [3.63, 3.8) is 0 Å². The van der Waals surface area contributed by atoms with Crippen LogP contribution in [0, 0.1) is 11.8 Å². The van der Waals surface area contributed by atoms with Gasteiger partial charge in [-0.25, -0.2) is 4.63 Å². The van der Waals surface area contributed by atoms with Crippen molar-refractivity contribution in [2.45, 2.75) is 51.9 Å². The maximum absolute atomic E-state index is 12.5. The minimum absolute atomic E-state index is 0.0387. The molecule has 1 heterocycles. The van der Waals surface area contributed by atoms with E-state index in [-0.39, 0.29) is 11.8 Å². The fourth-order valence-corrected chi connectivity index (χ4v) is 3.48. The first kappa shape index (κ1) is 16.7. The van der Waals surface area contributed by atoms with Crippen LogP contribution in [0.3, 0.4) is 0 Å². The van der Waals surface area contributed by atoms with Crippen molar-refractivity contribution in [1.82, 2.24) is 10.3 Å². The normalized spacial score (nSPS) is 20.7. The molecule has 1 aliphatic carbocycles. The number of hydrogen-bond acceptors (Lipinski definition) is 4. The van der Waals surface area contributed by atoms with E-state index in [1.54, 1.807) is 0 Å². The molecule has 0 radical (unpaired) electrons. The highest BCUT2D eigenvalue weighted by atomic mass is 16.6. The number of carbonyl (C=O) groups is 1. The summed E-state index contributed by atoms with van der Waals surface area (Å²) in [6.07, 6.45) is 8.09. The van der Waals surface area contributed by atoms with Gasteiger partial charge in [0.1, 0.15) is 0 Å². The van der Waals surface area contributed by atoms with Crippen LogP contribution >= 0.6 is 0 Å². The van der Waals surface area contributed by atoms with Gasteiger partial charge in [-0.1, -0.05) is 56.5 Å². The Morgan fingerprint density at radius 3 is 2.62 bits per heavy atom. The highest BCUT2D eigenvalue weighted by Gasteiger charge is 2.27. The molecule has 1 amide bonds. The minimum atomic E-state index is 0.0387. The van der Waals surface area contributed by atoms with Crippen LogP contribution in [0.1, 0.15) is 51.9 Å². The number of nitrogens with one attached hydrogen (secondary N) is 1. The number of amides is 1. The first-order valence-electron chi connectivity index (χ1n) is 8.96. The highest BCUT2D eigenvalue weighted by Crippen LogP contribution is 2.33. The van der Waals surface area contributed by atoms with Gasteiger partial charge in [-0.2, -0.15) is 0 Å². The number of benzene rings is 1. The van der Waals surface area contributed by atoms with E-state index in [9.17, 15) is 4.79 Å². The third-order valence-electron chi connectivity index (χ3n) is 4.96. The van der Waals surface area contributed by atoms with Crippen molar-refractivity contribution in [3.05, 3.63) is 30.3 Å². The molecule has 0 unspecified atom stereocenters. The van der Waals surface area contributed by atoms with Crippen LogP contribution < -0.4 is 5.32 Å². The molecule has 0 atom stereocenters. The van der Waals surface area contributed by atoms with Crippen LogP contribution in [0.15, 0.2) is 35.0 Å². The van der Waals surface area contributed by atoms with Gasteiger partial charge in [0.25, 0.3) is 0 Å². The fourth-order valence-electron chi connectivity index (χ4n) is 3.48. The summed E-state index contributed by atoms with van der Waals surface area (Å²) in [5.41, 5.74) is 1.47. The largest absolute Gasteiger partial charge is 0.306 e. The molecule has 1 aromatic heterocycles. The lowest BCUT2D eigenvalue weighted by Crippen LogP contribution is -2.27. The van der Waals surface area contributed by atoms with Crippen LogP contribution in [0.2, 0.25) is 0 Å². The second-order valence-corrected chi connectivity index (χ2v) is 6.68. The Bertz CT molecular complexity index is 646. The van der Waals surface area contributed by atoms with Crippen molar-refractivity contribution < 1.29 is 9.42 Å². The maximum Gasteiger partial charge on any atom is 0.228 e. The summed E-state index contributed by atoms with van der Waals surface area (Å²) >= 11 is 0. The second-order valence-electron chi connectivity index (χ2n) is 6.68. The molecule has 2 aromatic rings. The van der Waals surface area contributed by atoms with E-state index >= 15 is 0 Å². The molecular formula is C19H25N3O2. The Morgan fingerprint density at radius 1 is 1.17 bits per heavy atom. The summed E-state index contributed by atoms with van der Waals surface area (Å²) in [5, 5.41) is 10.7. The molecule has 0 bridgehead atoms. The number of hydrogen-bond donors (Lipinski definition) is 1. The van der Waals surface area contributed by atoms with Crippen molar-refractivity contribution in [1.29, 1.82) is 0 Å². The Hall–Kier alpha value is -2.17. The van der Waals surface area contributed by atoms with E-state index in [1.165, 1.54) is 19.3 Å². The monoisotopic (exact) mass is 327 g/mol. The van der Waals surface area contributed by atoms with E-state index in [1.807, 2.05) is 30.3 Å². The van der Waals surface area contributed by atoms with E-state index in [4.69, 9.17) is 4.63 Å². The van der Waals surface area contributed by atoms with Crippen LogP contribution in [0.4, 0.5) is 5.82 Å². The van der Waals surface area contributed by atoms with Gasteiger partial charge in [0.15, 0.2) is 5.69 Å². The molecule has 1 fully saturated rings. The Balaban J connectivity index is 1.58. The van der Waals surface area contributed by atoms with Gasteiger partial charge in [-0.05, 0) is 41.9 Å². The summed E-state index contributed by atoms with van der Waals surface area (Å²) in [6.45, 7) is 2.23. The summed E-state index contributed by atoms with van der Waals surface area (Å²) < 4.78 is 4.83. The van der Waals surface area contributed by atoms with Crippen molar-refractivity contribution >= 4 is 11.7 Å². The molecule has 24 heavy (non-hydrogen) atoms. The molecular weight excluding hydrogens is 302 g/mol. The molecule has 1 aromatic carbocycles. The first-order valence-corrected chi connectivity index (χ1v) is 8.96. The number of carbonyl (C=O) groups excluding carboxylic acids is 1. The SMILES string of the molecule is CCCCC1CCC(C(=O)Nc2nonc2-c2ccccc2)CC1. The van der Waals surface area contributed by atoms with E-state index in [0.717, 1.165) is 37.2 Å². The molecule has 0 saturated heterocycles. The zero-order valence-corrected chi connectivity index (χ0v) is 14.2. The standard InChI is InChI=1S/C19H25N3O2/c1-2-3-7-14-10-12-16(13-11-14)19(23)20-18-17(21-24-22-18)15-8-5-4-6-9-15/h4-6,8-9,14,16H,2-3,7,10-13H2,1H3,(H,20,22,23). The van der Waals surface area contributed by atoms with Crippen molar-refractivity contribution in [3.8, 4) is 11.3 Å². The summed E-state index contributed by atoms with van der Waals surface area (Å²) in [4.78, 5) is 12.5. The maximum atomic E-state index is 12.5. The lowest BCUT2D eigenvalue weighted by Gasteiger charge is -2.27. The number of rotatable bonds is 6. The molecule has 1 aliphatic rings. The average molecular weight is 327 g/mol. The molecule has 5 nitrogen and oxygen atoms in total. The zero-order chi connectivity index (χ0) is 16.8. The Kier molecular flexibility index (Phi) is 5.62. The minimum Gasteiger partial charge on any atom is -0.306 e. The van der Waals surface area contributed by atoms with E-state index in [2.05, 4.69) is 22.6 Å². The first-order chi connectivity index (χ1) is 11.8. The van der Waals surface area contributed by atoms with Crippen LogP contribution in [-0.2, 0) is 4.79 Å². The lowest BCUT2D eigenvalue weighted by molar-refractivity contribution is -0.121. The van der Waals surface area contributed by atoms with Crippen LogP contribution in [-0.4, -0.2) is 16.2 Å². The third-order valence-corrected chi connectivity index (χ3v) is 4.96. The summed E-state index contributed by atoms with van der Waals surface area (Å²) in [6, 6.07) is 9.63. The molecule has 1 saturated carbocycles. The predicted octanol–water partition coefficient (Wildman–Crippen LogP) is 4.67. The smallest absolute Gasteiger partial charge is 0.228 e. The Labute approximate surface area is 142 Å². The van der Waals surface area contributed by atoms with Gasteiger partial charge in [-0.15, -0.1) is 0 Å². The molecule has 5 heteroatoms. The quantitative estimate of drug-likeness (QED) is 0.837. The third kappa shape index (κ3) is 4.02. The van der Waals surface area contributed by atoms with E-state index in [0.29, 0.717) is 11.5 Å². The predicted molar refractivity (Wildman–Crippen MR) is 93.3 cm³/mol. The van der Waals surface area contributed by atoms with Gasteiger partial charge < -0.3 is 5.32 Å². The van der Waals surface area contributed by atoms with E-state index < -0.39 is 0 Å². The summed E-state index contributed by atoms with van der Waals surface area (Å²) in [7, 11) is 0. The van der Waals surface area contributed by atoms with Crippen LogP contribution in [0.5, 0.6) is 0 Å². The second kappa shape index (κ2) is 8.08. The van der Waals surface area contributed by atoms with Gasteiger partial charge >= 0.3 is 0 Å². The fraction of sp³-hybridized carbons (Fsp3) is 0.526. The molecule has 1 N–H and O–H groups in total.